The van der Waals surface area contributed by atoms with Crippen LogP contribution in [0.25, 0.3) is 10.2 Å². The summed E-state index contributed by atoms with van der Waals surface area (Å²) >= 11 is 1.40. The maximum absolute atomic E-state index is 12.1. The molecule has 0 aliphatic rings. The minimum Gasteiger partial charge on any atom is -0.497 e. The monoisotopic (exact) mass is 293 g/mol. The van der Waals surface area contributed by atoms with Gasteiger partial charge in [0.1, 0.15) is 5.75 Å². The zero-order valence-electron chi connectivity index (χ0n) is 12.1. The number of fused-ring (bicyclic) bond motifs is 1. The summed E-state index contributed by atoms with van der Waals surface area (Å²) in [7, 11) is 1.62. The molecule has 0 fully saturated rings. The average Bonchev–Trinajstić information content (AvgIpc) is 2.77. The van der Waals surface area contributed by atoms with E-state index in [0.29, 0.717) is 5.13 Å². The number of nitrogens with two attached hydrogens (primary N) is 1. The van der Waals surface area contributed by atoms with Gasteiger partial charge in [-0.15, -0.1) is 0 Å². The molecule has 1 aromatic heterocycles. The molecular formula is C14H19N3O2S. The van der Waals surface area contributed by atoms with Crippen molar-refractivity contribution in [2.75, 3.05) is 12.4 Å². The molecule has 0 aliphatic heterocycles. The molecule has 2 rings (SSSR count). The first-order valence-electron chi connectivity index (χ1n) is 6.32. The van der Waals surface area contributed by atoms with E-state index >= 15 is 0 Å². The van der Waals surface area contributed by atoms with Crippen LogP contribution in [-0.4, -0.2) is 24.0 Å². The quantitative estimate of drug-likeness (QED) is 0.912. The van der Waals surface area contributed by atoms with Gasteiger partial charge in [0.2, 0.25) is 5.91 Å². The summed E-state index contributed by atoms with van der Waals surface area (Å²) < 4.78 is 6.13. The standard InChI is InChI=1S/C14H19N3O2S/c1-14(2,3)11(15)12(18)17-13-16-9-6-5-8(19-4)7-10(9)20-13/h5-7,11H,15H2,1-4H3,(H,16,17,18)/t11-/m1/s1. The van der Waals surface area contributed by atoms with Gasteiger partial charge in [0, 0.05) is 0 Å². The molecule has 3 N–H and O–H groups in total. The largest absolute Gasteiger partial charge is 0.497 e. The van der Waals surface area contributed by atoms with Crippen molar-refractivity contribution in [3.63, 3.8) is 0 Å². The van der Waals surface area contributed by atoms with Gasteiger partial charge in [-0.05, 0) is 23.6 Å². The molecule has 0 unspecified atom stereocenters. The molecule has 6 heteroatoms. The summed E-state index contributed by atoms with van der Waals surface area (Å²) in [5.41, 5.74) is 6.47. The molecule has 1 atom stereocenters. The molecule has 0 aliphatic carbocycles. The van der Waals surface area contributed by atoms with Crippen molar-refractivity contribution in [1.29, 1.82) is 0 Å². The van der Waals surface area contributed by atoms with E-state index in [9.17, 15) is 4.79 Å². The number of anilines is 1. The normalized spacial score (nSPS) is 13.2. The number of nitrogens with zero attached hydrogens (tertiary/aromatic N) is 1. The molecular weight excluding hydrogens is 274 g/mol. The van der Waals surface area contributed by atoms with Gasteiger partial charge in [0.25, 0.3) is 0 Å². The Bertz CT molecular complexity index is 631. The average molecular weight is 293 g/mol. The number of benzene rings is 1. The van der Waals surface area contributed by atoms with Crippen LogP contribution in [0.2, 0.25) is 0 Å². The van der Waals surface area contributed by atoms with Crippen LogP contribution < -0.4 is 15.8 Å². The van der Waals surface area contributed by atoms with E-state index < -0.39 is 6.04 Å². The molecule has 108 valence electrons. The number of nitrogens with one attached hydrogen (secondary N) is 1. The maximum Gasteiger partial charge on any atom is 0.243 e. The second-order valence-electron chi connectivity index (χ2n) is 5.69. The Kier molecular flexibility index (Phi) is 3.96. The van der Waals surface area contributed by atoms with Crippen LogP contribution in [0.5, 0.6) is 5.75 Å². The van der Waals surface area contributed by atoms with Crippen molar-refractivity contribution in [3.8, 4) is 5.75 Å². The van der Waals surface area contributed by atoms with E-state index in [4.69, 9.17) is 10.5 Å². The molecule has 20 heavy (non-hydrogen) atoms. The van der Waals surface area contributed by atoms with Gasteiger partial charge in [0.15, 0.2) is 5.13 Å². The van der Waals surface area contributed by atoms with E-state index in [2.05, 4.69) is 10.3 Å². The fourth-order valence-corrected chi connectivity index (χ4v) is 2.56. The molecule has 0 spiro atoms. The van der Waals surface area contributed by atoms with Crippen LogP contribution in [0.1, 0.15) is 20.8 Å². The van der Waals surface area contributed by atoms with Crippen molar-refractivity contribution < 1.29 is 9.53 Å². The number of aromatic nitrogens is 1. The maximum atomic E-state index is 12.1. The van der Waals surface area contributed by atoms with E-state index in [0.717, 1.165) is 16.0 Å². The first-order chi connectivity index (χ1) is 9.31. The molecule has 5 nitrogen and oxygen atoms in total. The minimum atomic E-state index is -0.580. The second kappa shape index (κ2) is 5.38. The van der Waals surface area contributed by atoms with E-state index in [1.165, 1.54) is 11.3 Å². The van der Waals surface area contributed by atoms with E-state index in [-0.39, 0.29) is 11.3 Å². The van der Waals surface area contributed by atoms with Crippen molar-refractivity contribution in [2.45, 2.75) is 26.8 Å². The zero-order chi connectivity index (χ0) is 14.9. The van der Waals surface area contributed by atoms with Gasteiger partial charge in [-0.3, -0.25) is 4.79 Å². The van der Waals surface area contributed by atoms with Crippen LogP contribution in [0.3, 0.4) is 0 Å². The Morgan fingerprint density at radius 3 is 2.75 bits per heavy atom. The van der Waals surface area contributed by atoms with Crippen molar-refractivity contribution >= 4 is 32.6 Å². The number of ether oxygens (including phenoxy) is 1. The van der Waals surface area contributed by atoms with Gasteiger partial charge < -0.3 is 15.8 Å². The van der Waals surface area contributed by atoms with Crippen molar-refractivity contribution in [1.82, 2.24) is 4.98 Å². The van der Waals surface area contributed by atoms with Crippen LogP contribution in [0.15, 0.2) is 18.2 Å². The second-order valence-corrected chi connectivity index (χ2v) is 6.72. The van der Waals surface area contributed by atoms with Gasteiger partial charge in [-0.1, -0.05) is 32.1 Å². The number of rotatable bonds is 3. The van der Waals surface area contributed by atoms with Gasteiger partial charge in [0.05, 0.1) is 23.4 Å². The Hall–Kier alpha value is -1.66. The summed E-state index contributed by atoms with van der Waals surface area (Å²) in [6.07, 6.45) is 0. The predicted molar refractivity (Wildman–Crippen MR) is 82.2 cm³/mol. The van der Waals surface area contributed by atoms with E-state index in [1.807, 2.05) is 39.0 Å². The third kappa shape index (κ3) is 3.08. The lowest BCUT2D eigenvalue weighted by Crippen LogP contribution is -2.45. The number of thiazole rings is 1. The Labute approximate surface area is 122 Å². The third-order valence-electron chi connectivity index (χ3n) is 3.04. The SMILES string of the molecule is COc1ccc2nc(NC(=O)[C@@H](N)C(C)(C)C)sc2c1. The van der Waals surface area contributed by atoms with Crippen LogP contribution >= 0.6 is 11.3 Å². The van der Waals surface area contributed by atoms with Crippen LogP contribution in [0.4, 0.5) is 5.13 Å². The summed E-state index contributed by atoms with van der Waals surface area (Å²) in [5.74, 6) is 0.550. The third-order valence-corrected chi connectivity index (χ3v) is 3.97. The fourth-order valence-electron chi connectivity index (χ4n) is 1.66. The lowest BCUT2D eigenvalue weighted by molar-refractivity contribution is -0.119. The number of carbonyl (C=O) groups is 1. The Balaban J connectivity index is 2.20. The number of hydrogen-bond donors (Lipinski definition) is 2. The zero-order valence-corrected chi connectivity index (χ0v) is 12.9. The minimum absolute atomic E-state index is 0.219. The first kappa shape index (κ1) is 14.7. The molecule has 1 aromatic carbocycles. The number of hydrogen-bond acceptors (Lipinski definition) is 5. The first-order valence-corrected chi connectivity index (χ1v) is 7.14. The highest BCUT2D eigenvalue weighted by Gasteiger charge is 2.28. The Morgan fingerprint density at radius 1 is 1.45 bits per heavy atom. The number of amides is 1. The van der Waals surface area contributed by atoms with Crippen molar-refractivity contribution in [3.05, 3.63) is 18.2 Å². The topological polar surface area (TPSA) is 77.2 Å². The number of methoxy groups -OCH3 is 1. The molecule has 0 bridgehead atoms. The predicted octanol–water partition coefficient (Wildman–Crippen LogP) is 2.62. The molecule has 0 saturated heterocycles. The van der Waals surface area contributed by atoms with E-state index in [1.54, 1.807) is 7.11 Å². The summed E-state index contributed by atoms with van der Waals surface area (Å²) in [4.78, 5) is 16.4. The van der Waals surface area contributed by atoms with Gasteiger partial charge in [-0.2, -0.15) is 0 Å². The Morgan fingerprint density at radius 2 is 2.15 bits per heavy atom. The molecule has 0 radical (unpaired) electrons. The molecule has 2 aromatic rings. The van der Waals surface area contributed by atoms with Gasteiger partial charge in [-0.25, -0.2) is 4.98 Å². The fraction of sp³-hybridized carbons (Fsp3) is 0.429. The highest BCUT2D eigenvalue weighted by molar-refractivity contribution is 7.22. The van der Waals surface area contributed by atoms with Crippen molar-refractivity contribution in [2.24, 2.45) is 11.1 Å². The highest BCUT2D eigenvalue weighted by Crippen LogP contribution is 2.29. The summed E-state index contributed by atoms with van der Waals surface area (Å²) in [6, 6.07) is 5.02. The van der Waals surface area contributed by atoms with Crippen LogP contribution in [-0.2, 0) is 4.79 Å². The lowest BCUT2D eigenvalue weighted by atomic mass is 9.87. The molecule has 0 saturated carbocycles. The van der Waals surface area contributed by atoms with Crippen LogP contribution in [0, 0.1) is 5.41 Å². The lowest BCUT2D eigenvalue weighted by Gasteiger charge is -2.25. The summed E-state index contributed by atoms with van der Waals surface area (Å²) in [6.45, 7) is 5.79. The highest BCUT2D eigenvalue weighted by atomic mass is 32.1. The smallest absolute Gasteiger partial charge is 0.243 e. The summed E-state index contributed by atoms with van der Waals surface area (Å²) in [5, 5.41) is 3.33. The molecule has 1 amide bonds. The number of carbonyl (C=O) groups excluding carboxylic acids is 1. The van der Waals surface area contributed by atoms with Gasteiger partial charge >= 0.3 is 0 Å². The molecule has 1 heterocycles.